The number of hydrogen-bond acceptors (Lipinski definition) is 4. The number of pyridine rings is 1. The van der Waals surface area contributed by atoms with Gasteiger partial charge in [0.25, 0.3) is 5.91 Å². The van der Waals surface area contributed by atoms with Crippen molar-refractivity contribution < 1.29 is 13.9 Å². The van der Waals surface area contributed by atoms with Gasteiger partial charge < -0.3 is 19.5 Å². The first kappa shape index (κ1) is 14.1. The number of aromatic nitrogens is 1. The molecule has 106 valence electrons. The fraction of sp³-hybridized carbons (Fsp3) is 0.286. The Morgan fingerprint density at radius 2 is 2.20 bits per heavy atom. The van der Waals surface area contributed by atoms with E-state index in [1.54, 1.807) is 24.5 Å². The minimum Gasteiger partial charge on any atom is -0.467 e. The summed E-state index contributed by atoms with van der Waals surface area (Å²) >= 11 is 0. The molecule has 0 fully saturated rings. The van der Waals surface area contributed by atoms with Crippen LogP contribution in [-0.4, -0.2) is 24.0 Å². The van der Waals surface area contributed by atoms with Gasteiger partial charge in [-0.3, -0.25) is 9.59 Å². The van der Waals surface area contributed by atoms with Crippen LogP contribution < -0.4 is 10.9 Å². The second-order valence-corrected chi connectivity index (χ2v) is 4.17. The molecule has 2 heterocycles. The zero-order chi connectivity index (χ0) is 14.2. The van der Waals surface area contributed by atoms with Crippen molar-refractivity contribution in [3.05, 3.63) is 58.4 Å². The molecule has 0 bridgehead atoms. The lowest BCUT2D eigenvalue weighted by molar-refractivity contribution is 0.0913. The van der Waals surface area contributed by atoms with E-state index in [0.717, 1.165) is 5.76 Å². The van der Waals surface area contributed by atoms with Crippen molar-refractivity contribution >= 4 is 5.91 Å². The van der Waals surface area contributed by atoms with Crippen LogP contribution in [0.2, 0.25) is 0 Å². The van der Waals surface area contributed by atoms with Crippen molar-refractivity contribution in [3.63, 3.8) is 0 Å². The van der Waals surface area contributed by atoms with E-state index in [1.807, 2.05) is 6.07 Å². The summed E-state index contributed by atoms with van der Waals surface area (Å²) in [7, 11) is 0. The van der Waals surface area contributed by atoms with Gasteiger partial charge in [-0.2, -0.15) is 0 Å². The number of amides is 1. The van der Waals surface area contributed by atoms with Crippen molar-refractivity contribution in [1.82, 2.24) is 10.3 Å². The van der Waals surface area contributed by atoms with Gasteiger partial charge in [0.05, 0.1) is 6.26 Å². The minimum absolute atomic E-state index is 0.258. The minimum atomic E-state index is -0.297. The van der Waals surface area contributed by atoms with Gasteiger partial charge in [0.15, 0.2) is 0 Å². The summed E-state index contributed by atoms with van der Waals surface area (Å²) in [5.41, 5.74) is -0.0339. The van der Waals surface area contributed by atoms with E-state index < -0.39 is 0 Å². The molecule has 0 spiro atoms. The Labute approximate surface area is 115 Å². The first-order valence-electron chi connectivity index (χ1n) is 6.33. The number of aromatic amines is 1. The molecule has 2 aromatic heterocycles. The Hall–Kier alpha value is -2.34. The molecule has 0 aliphatic heterocycles. The predicted molar refractivity (Wildman–Crippen MR) is 72.4 cm³/mol. The van der Waals surface area contributed by atoms with Crippen molar-refractivity contribution in [3.8, 4) is 0 Å². The predicted octanol–water partition coefficient (Wildman–Crippen LogP) is 1.30. The second kappa shape index (κ2) is 7.30. The molecule has 6 heteroatoms. The van der Waals surface area contributed by atoms with Crippen LogP contribution in [0, 0.1) is 0 Å². The lowest BCUT2D eigenvalue weighted by Crippen LogP contribution is -2.27. The summed E-state index contributed by atoms with van der Waals surface area (Å²) in [6.45, 7) is 1.42. The maximum atomic E-state index is 11.7. The molecule has 6 nitrogen and oxygen atoms in total. The van der Waals surface area contributed by atoms with Gasteiger partial charge in [0, 0.05) is 19.2 Å². The van der Waals surface area contributed by atoms with Gasteiger partial charge in [0.1, 0.15) is 18.1 Å². The van der Waals surface area contributed by atoms with E-state index >= 15 is 0 Å². The monoisotopic (exact) mass is 276 g/mol. The molecule has 0 atom stereocenters. The Morgan fingerprint density at radius 1 is 1.30 bits per heavy atom. The van der Waals surface area contributed by atoms with Crippen molar-refractivity contribution in [2.75, 3.05) is 13.2 Å². The lowest BCUT2D eigenvalue weighted by Gasteiger charge is -2.05. The quantitative estimate of drug-likeness (QED) is 0.747. The Kier molecular flexibility index (Phi) is 5.14. The Balaban J connectivity index is 1.61. The first-order valence-corrected chi connectivity index (χ1v) is 6.33. The third kappa shape index (κ3) is 4.40. The van der Waals surface area contributed by atoms with Gasteiger partial charge in [-0.15, -0.1) is 0 Å². The van der Waals surface area contributed by atoms with Crippen LogP contribution in [-0.2, 0) is 11.3 Å². The summed E-state index contributed by atoms with van der Waals surface area (Å²) in [4.78, 5) is 25.2. The van der Waals surface area contributed by atoms with Crippen LogP contribution in [0.1, 0.15) is 22.7 Å². The fourth-order valence-corrected chi connectivity index (χ4v) is 1.62. The normalized spacial score (nSPS) is 10.4. The molecule has 0 unspecified atom stereocenters. The highest BCUT2D eigenvalue weighted by Crippen LogP contribution is 2.01. The maximum absolute atomic E-state index is 11.7. The number of H-pyrrole nitrogens is 1. The average Bonchev–Trinajstić information content (AvgIpc) is 2.95. The standard InChI is InChI=1S/C14H16N2O4/c17-13-6-1-5-12(16-13)14(18)15-7-3-8-19-10-11-4-2-9-20-11/h1-2,4-6,9H,3,7-8,10H2,(H,15,18)(H,16,17). The Morgan fingerprint density at radius 3 is 2.95 bits per heavy atom. The molecule has 0 saturated heterocycles. The van der Waals surface area contributed by atoms with E-state index in [2.05, 4.69) is 10.3 Å². The molecule has 0 aliphatic carbocycles. The van der Waals surface area contributed by atoms with Gasteiger partial charge in [-0.1, -0.05) is 6.07 Å². The van der Waals surface area contributed by atoms with Crippen molar-refractivity contribution in [1.29, 1.82) is 0 Å². The molecule has 2 rings (SSSR count). The smallest absolute Gasteiger partial charge is 0.267 e. The summed E-state index contributed by atoms with van der Waals surface area (Å²) in [6, 6.07) is 8.11. The van der Waals surface area contributed by atoms with E-state index in [9.17, 15) is 9.59 Å². The number of carbonyl (C=O) groups excluding carboxylic acids is 1. The second-order valence-electron chi connectivity index (χ2n) is 4.17. The summed E-state index contributed by atoms with van der Waals surface area (Å²) in [5, 5.41) is 2.71. The number of rotatable bonds is 7. The van der Waals surface area contributed by atoms with Crippen LogP contribution >= 0.6 is 0 Å². The number of ether oxygens (including phenoxy) is 1. The molecule has 2 aromatic rings. The SMILES string of the molecule is O=C(NCCCOCc1ccco1)c1cccc(=O)[nH]1. The van der Waals surface area contributed by atoms with Gasteiger partial charge in [0.2, 0.25) is 5.56 Å². The Bertz CT molecular complexity index is 589. The van der Waals surface area contributed by atoms with Crippen LogP contribution in [0.5, 0.6) is 0 Å². The van der Waals surface area contributed by atoms with E-state index in [0.29, 0.717) is 26.2 Å². The topological polar surface area (TPSA) is 84.3 Å². The van der Waals surface area contributed by atoms with E-state index in [-0.39, 0.29) is 17.2 Å². The van der Waals surface area contributed by atoms with Crippen LogP contribution in [0.25, 0.3) is 0 Å². The highest BCUT2D eigenvalue weighted by atomic mass is 16.5. The number of carbonyl (C=O) groups is 1. The van der Waals surface area contributed by atoms with Gasteiger partial charge in [-0.25, -0.2) is 0 Å². The average molecular weight is 276 g/mol. The van der Waals surface area contributed by atoms with Crippen molar-refractivity contribution in [2.45, 2.75) is 13.0 Å². The zero-order valence-electron chi connectivity index (χ0n) is 10.9. The molecule has 0 aliphatic rings. The molecule has 0 saturated carbocycles. The molecule has 1 amide bonds. The third-order valence-electron chi connectivity index (χ3n) is 2.59. The summed E-state index contributed by atoms with van der Waals surface area (Å²) in [5.74, 6) is 0.477. The fourth-order valence-electron chi connectivity index (χ4n) is 1.62. The first-order chi connectivity index (χ1) is 9.75. The van der Waals surface area contributed by atoms with E-state index in [1.165, 1.54) is 6.07 Å². The largest absolute Gasteiger partial charge is 0.467 e. The van der Waals surface area contributed by atoms with Crippen molar-refractivity contribution in [2.24, 2.45) is 0 Å². The molecule has 20 heavy (non-hydrogen) atoms. The number of furan rings is 1. The number of nitrogens with one attached hydrogen (secondary N) is 2. The maximum Gasteiger partial charge on any atom is 0.267 e. The third-order valence-corrected chi connectivity index (χ3v) is 2.59. The molecular formula is C14H16N2O4. The van der Waals surface area contributed by atoms with Crippen LogP contribution in [0.4, 0.5) is 0 Å². The summed E-state index contributed by atoms with van der Waals surface area (Å²) in [6.07, 6.45) is 2.28. The molecule has 0 aromatic carbocycles. The van der Waals surface area contributed by atoms with Gasteiger partial charge in [-0.05, 0) is 24.6 Å². The summed E-state index contributed by atoms with van der Waals surface area (Å²) < 4.78 is 10.5. The molecular weight excluding hydrogens is 260 g/mol. The van der Waals surface area contributed by atoms with E-state index in [4.69, 9.17) is 9.15 Å². The zero-order valence-corrected chi connectivity index (χ0v) is 10.9. The highest BCUT2D eigenvalue weighted by Gasteiger charge is 2.04. The molecule has 2 N–H and O–H groups in total. The van der Waals surface area contributed by atoms with Crippen LogP contribution in [0.3, 0.4) is 0 Å². The number of hydrogen-bond donors (Lipinski definition) is 2. The van der Waals surface area contributed by atoms with Crippen LogP contribution in [0.15, 0.2) is 45.8 Å². The van der Waals surface area contributed by atoms with Gasteiger partial charge >= 0.3 is 0 Å². The lowest BCUT2D eigenvalue weighted by atomic mass is 10.3. The highest BCUT2D eigenvalue weighted by molar-refractivity contribution is 5.92. The molecule has 0 radical (unpaired) electrons.